The van der Waals surface area contributed by atoms with Crippen molar-refractivity contribution in [2.24, 2.45) is 0 Å². The Hall–Kier alpha value is -2.67. The second kappa shape index (κ2) is 7.52. The van der Waals surface area contributed by atoms with Gasteiger partial charge in [0, 0.05) is 31.2 Å². The van der Waals surface area contributed by atoms with Gasteiger partial charge < -0.3 is 19.1 Å². The van der Waals surface area contributed by atoms with Crippen molar-refractivity contribution in [3.63, 3.8) is 0 Å². The van der Waals surface area contributed by atoms with E-state index in [0.717, 1.165) is 11.8 Å². The van der Waals surface area contributed by atoms with Crippen LogP contribution in [-0.2, 0) is 20.9 Å². The maximum absolute atomic E-state index is 12.9. The summed E-state index contributed by atoms with van der Waals surface area (Å²) in [7, 11) is 0. The minimum atomic E-state index is -0.424. The highest BCUT2D eigenvalue weighted by atomic mass is 16.5. The Morgan fingerprint density at radius 1 is 1.07 bits per heavy atom. The summed E-state index contributed by atoms with van der Waals surface area (Å²) in [6.45, 7) is 2.74. The smallest absolute Gasteiger partial charge is 0.258 e. The van der Waals surface area contributed by atoms with Gasteiger partial charge >= 0.3 is 0 Å². The lowest BCUT2D eigenvalue weighted by molar-refractivity contribution is -0.146. The quantitative estimate of drug-likeness (QED) is 0.804. The molecule has 2 amide bonds. The van der Waals surface area contributed by atoms with E-state index in [1.54, 1.807) is 22.1 Å². The van der Waals surface area contributed by atoms with Crippen LogP contribution >= 0.6 is 0 Å². The van der Waals surface area contributed by atoms with Crippen molar-refractivity contribution < 1.29 is 14.3 Å². The van der Waals surface area contributed by atoms with Crippen LogP contribution in [0, 0.1) is 0 Å². The first-order valence-electron chi connectivity index (χ1n) is 9.39. The third-order valence-corrected chi connectivity index (χ3v) is 5.37. The molecule has 7 nitrogen and oxygen atoms in total. The van der Waals surface area contributed by atoms with Gasteiger partial charge in [-0.25, -0.2) is 0 Å². The number of likely N-dealkylation sites (tertiary alicyclic amines) is 1. The largest absolute Gasteiger partial charge is 0.378 e. The highest BCUT2D eigenvalue weighted by Crippen LogP contribution is 2.20. The summed E-state index contributed by atoms with van der Waals surface area (Å²) in [6, 6.07) is 8.74. The third-order valence-electron chi connectivity index (χ3n) is 5.37. The van der Waals surface area contributed by atoms with Crippen LogP contribution in [0.2, 0.25) is 0 Å². The van der Waals surface area contributed by atoms with Crippen LogP contribution in [0.5, 0.6) is 0 Å². The van der Waals surface area contributed by atoms with E-state index in [1.165, 1.54) is 4.57 Å². The molecule has 0 bridgehead atoms. The molecule has 142 valence electrons. The molecule has 4 rings (SSSR count). The van der Waals surface area contributed by atoms with Gasteiger partial charge in [-0.1, -0.05) is 18.2 Å². The van der Waals surface area contributed by atoms with Crippen LogP contribution in [0.15, 0.2) is 41.3 Å². The van der Waals surface area contributed by atoms with Gasteiger partial charge in [-0.15, -0.1) is 0 Å². The molecule has 1 aromatic carbocycles. The Balaban J connectivity index is 1.51. The SMILES string of the molecule is O=C(C1CCCN1C(=O)Cn1ccc2ccccc2c1=O)N1CCOCC1. The van der Waals surface area contributed by atoms with Crippen LogP contribution in [0.1, 0.15) is 12.8 Å². The molecule has 2 aliphatic rings. The third kappa shape index (κ3) is 3.47. The first kappa shape index (κ1) is 17.7. The molecule has 0 N–H and O–H groups in total. The molecule has 0 radical (unpaired) electrons. The molecule has 1 unspecified atom stereocenters. The molecular weight excluding hydrogens is 346 g/mol. The number of benzene rings is 1. The molecule has 0 spiro atoms. The summed E-state index contributed by atoms with van der Waals surface area (Å²) in [5, 5.41) is 1.45. The van der Waals surface area contributed by atoms with E-state index in [4.69, 9.17) is 4.74 Å². The van der Waals surface area contributed by atoms with Gasteiger partial charge in [0.1, 0.15) is 12.6 Å². The number of amides is 2. The summed E-state index contributed by atoms with van der Waals surface area (Å²) in [4.78, 5) is 41.8. The fourth-order valence-corrected chi connectivity index (χ4v) is 3.91. The number of pyridine rings is 1. The van der Waals surface area contributed by atoms with Crippen molar-refractivity contribution in [1.29, 1.82) is 0 Å². The van der Waals surface area contributed by atoms with Crippen LogP contribution < -0.4 is 5.56 Å². The molecule has 7 heteroatoms. The average molecular weight is 369 g/mol. The standard InChI is InChI=1S/C20H23N3O4/c24-18(14-22-9-7-15-4-1-2-5-16(15)19(22)25)23-8-3-6-17(23)20(26)21-10-12-27-13-11-21/h1-2,4-5,7,9,17H,3,6,8,10-14H2. The minimum Gasteiger partial charge on any atom is -0.378 e. The summed E-state index contributed by atoms with van der Waals surface area (Å²) >= 11 is 0. The molecular formula is C20H23N3O4. The Morgan fingerprint density at radius 3 is 2.67 bits per heavy atom. The van der Waals surface area contributed by atoms with Gasteiger partial charge in [0.25, 0.3) is 5.56 Å². The average Bonchev–Trinajstić information content (AvgIpc) is 3.20. The number of hydrogen-bond acceptors (Lipinski definition) is 4. The minimum absolute atomic E-state index is 0.00462. The van der Waals surface area contributed by atoms with Crippen LogP contribution in [0.4, 0.5) is 0 Å². The zero-order valence-electron chi connectivity index (χ0n) is 15.2. The highest BCUT2D eigenvalue weighted by molar-refractivity contribution is 5.88. The van der Waals surface area contributed by atoms with Gasteiger partial charge in [0.15, 0.2) is 0 Å². The van der Waals surface area contributed by atoms with E-state index < -0.39 is 6.04 Å². The van der Waals surface area contributed by atoms with Crippen LogP contribution in [-0.4, -0.2) is 65.1 Å². The maximum Gasteiger partial charge on any atom is 0.258 e. The van der Waals surface area contributed by atoms with Crippen molar-refractivity contribution in [2.75, 3.05) is 32.8 Å². The molecule has 0 aliphatic carbocycles. The summed E-state index contributed by atoms with van der Waals surface area (Å²) < 4.78 is 6.73. The number of morpholine rings is 1. The Labute approximate surface area is 157 Å². The van der Waals surface area contributed by atoms with Gasteiger partial charge in [-0.05, 0) is 30.4 Å². The lowest BCUT2D eigenvalue weighted by Gasteiger charge is -2.32. The number of hydrogen-bond donors (Lipinski definition) is 0. The number of aromatic nitrogens is 1. The van der Waals surface area contributed by atoms with E-state index in [9.17, 15) is 14.4 Å². The first-order chi connectivity index (χ1) is 13.1. The Kier molecular flexibility index (Phi) is 4.94. The fraction of sp³-hybridized carbons (Fsp3) is 0.450. The summed E-state index contributed by atoms with van der Waals surface area (Å²) in [6.07, 6.45) is 3.13. The number of ether oxygens (including phenoxy) is 1. The second-order valence-corrected chi connectivity index (χ2v) is 7.02. The predicted octanol–water partition coefficient (Wildman–Crippen LogP) is 0.851. The van der Waals surface area contributed by atoms with Gasteiger partial charge in [-0.2, -0.15) is 0 Å². The predicted molar refractivity (Wildman–Crippen MR) is 100 cm³/mol. The topological polar surface area (TPSA) is 71.9 Å². The number of carbonyl (C=O) groups excluding carboxylic acids is 2. The molecule has 1 atom stereocenters. The normalized spacial score (nSPS) is 20.2. The molecule has 2 aromatic rings. The number of nitrogens with zero attached hydrogens (tertiary/aromatic N) is 3. The number of rotatable bonds is 3. The maximum atomic E-state index is 12.9. The van der Waals surface area contributed by atoms with E-state index in [0.29, 0.717) is 44.7 Å². The molecule has 27 heavy (non-hydrogen) atoms. The zero-order valence-corrected chi connectivity index (χ0v) is 15.2. The highest BCUT2D eigenvalue weighted by Gasteiger charge is 2.36. The van der Waals surface area contributed by atoms with E-state index >= 15 is 0 Å². The van der Waals surface area contributed by atoms with Crippen molar-refractivity contribution in [2.45, 2.75) is 25.4 Å². The fourth-order valence-electron chi connectivity index (χ4n) is 3.91. The first-order valence-corrected chi connectivity index (χ1v) is 9.39. The Morgan fingerprint density at radius 2 is 1.85 bits per heavy atom. The van der Waals surface area contributed by atoms with Gasteiger partial charge in [0.2, 0.25) is 11.8 Å². The monoisotopic (exact) mass is 369 g/mol. The van der Waals surface area contributed by atoms with Gasteiger partial charge in [-0.3, -0.25) is 14.4 Å². The van der Waals surface area contributed by atoms with E-state index in [2.05, 4.69) is 0 Å². The molecule has 0 saturated carbocycles. The molecule has 1 aromatic heterocycles. The molecule has 2 fully saturated rings. The van der Waals surface area contributed by atoms with Crippen molar-refractivity contribution in [3.05, 3.63) is 46.9 Å². The lowest BCUT2D eigenvalue weighted by Crippen LogP contribution is -2.51. The summed E-state index contributed by atoms with van der Waals surface area (Å²) in [5.41, 5.74) is -0.184. The zero-order chi connectivity index (χ0) is 18.8. The van der Waals surface area contributed by atoms with Crippen LogP contribution in [0.3, 0.4) is 0 Å². The van der Waals surface area contributed by atoms with E-state index in [1.807, 2.05) is 24.3 Å². The van der Waals surface area contributed by atoms with Crippen molar-refractivity contribution in [3.8, 4) is 0 Å². The molecule has 2 aliphatic heterocycles. The lowest BCUT2D eigenvalue weighted by atomic mass is 10.1. The molecule has 3 heterocycles. The van der Waals surface area contributed by atoms with Crippen molar-refractivity contribution >= 4 is 22.6 Å². The van der Waals surface area contributed by atoms with Crippen LogP contribution in [0.25, 0.3) is 10.8 Å². The number of fused-ring (bicyclic) bond motifs is 1. The van der Waals surface area contributed by atoms with E-state index in [-0.39, 0.29) is 23.9 Å². The van der Waals surface area contributed by atoms with Crippen molar-refractivity contribution in [1.82, 2.24) is 14.4 Å². The van der Waals surface area contributed by atoms with Gasteiger partial charge in [0.05, 0.1) is 13.2 Å². The second-order valence-electron chi connectivity index (χ2n) is 7.02. The molecule has 2 saturated heterocycles. The number of carbonyl (C=O) groups is 2. The summed E-state index contributed by atoms with van der Waals surface area (Å²) in [5.74, 6) is -0.188. The Bertz CT molecular complexity index is 917.